The van der Waals surface area contributed by atoms with Crippen molar-refractivity contribution >= 4 is 11.7 Å². The average molecular weight is 256 g/mol. The van der Waals surface area contributed by atoms with Crippen LogP contribution in [0.1, 0.15) is 12.6 Å². The SMILES string of the molecule is CCOC(=O)Cc1cc(-c2ccccc2)c(N)cn1. The lowest BCUT2D eigenvalue weighted by molar-refractivity contribution is -0.142. The van der Waals surface area contributed by atoms with E-state index in [1.165, 1.54) is 0 Å². The molecule has 0 radical (unpaired) electrons. The first-order valence-electron chi connectivity index (χ1n) is 6.16. The highest BCUT2D eigenvalue weighted by Gasteiger charge is 2.09. The molecule has 4 heteroatoms. The Labute approximate surface area is 112 Å². The Morgan fingerprint density at radius 2 is 2.05 bits per heavy atom. The van der Waals surface area contributed by atoms with Gasteiger partial charge in [0.25, 0.3) is 0 Å². The van der Waals surface area contributed by atoms with Gasteiger partial charge in [0.15, 0.2) is 0 Å². The van der Waals surface area contributed by atoms with Gasteiger partial charge in [0.1, 0.15) is 0 Å². The van der Waals surface area contributed by atoms with E-state index >= 15 is 0 Å². The summed E-state index contributed by atoms with van der Waals surface area (Å²) in [5.41, 5.74) is 9.08. The molecule has 0 amide bonds. The predicted octanol–water partition coefficient (Wildman–Crippen LogP) is 2.44. The summed E-state index contributed by atoms with van der Waals surface area (Å²) >= 11 is 0. The normalized spacial score (nSPS) is 10.2. The van der Waals surface area contributed by atoms with Crippen molar-refractivity contribution in [1.82, 2.24) is 4.98 Å². The van der Waals surface area contributed by atoms with Crippen molar-refractivity contribution in [3.05, 3.63) is 48.3 Å². The third kappa shape index (κ3) is 3.31. The molecule has 1 aromatic heterocycles. The lowest BCUT2D eigenvalue weighted by atomic mass is 10.0. The van der Waals surface area contributed by atoms with Gasteiger partial charge in [-0.2, -0.15) is 0 Å². The maximum absolute atomic E-state index is 11.5. The van der Waals surface area contributed by atoms with Gasteiger partial charge in [0.2, 0.25) is 0 Å². The topological polar surface area (TPSA) is 65.2 Å². The van der Waals surface area contributed by atoms with Gasteiger partial charge < -0.3 is 10.5 Å². The van der Waals surface area contributed by atoms with Crippen LogP contribution in [0.3, 0.4) is 0 Å². The summed E-state index contributed by atoms with van der Waals surface area (Å²) in [6, 6.07) is 11.6. The molecule has 0 fully saturated rings. The van der Waals surface area contributed by atoms with Gasteiger partial charge in [-0.05, 0) is 18.6 Å². The second kappa shape index (κ2) is 6.00. The van der Waals surface area contributed by atoms with Crippen LogP contribution in [0.15, 0.2) is 42.6 Å². The van der Waals surface area contributed by atoms with Crippen LogP contribution < -0.4 is 5.73 Å². The molecule has 0 aliphatic carbocycles. The van der Waals surface area contributed by atoms with Crippen molar-refractivity contribution in [2.24, 2.45) is 0 Å². The van der Waals surface area contributed by atoms with Gasteiger partial charge in [0, 0.05) is 5.56 Å². The molecule has 0 atom stereocenters. The largest absolute Gasteiger partial charge is 0.466 e. The zero-order valence-corrected chi connectivity index (χ0v) is 10.8. The van der Waals surface area contributed by atoms with Crippen molar-refractivity contribution in [2.45, 2.75) is 13.3 Å². The second-order valence-corrected chi connectivity index (χ2v) is 4.11. The number of ether oxygens (including phenoxy) is 1. The number of anilines is 1. The molecule has 0 saturated heterocycles. The molecule has 19 heavy (non-hydrogen) atoms. The molecule has 2 rings (SSSR count). The van der Waals surface area contributed by atoms with Gasteiger partial charge in [-0.3, -0.25) is 9.78 Å². The minimum atomic E-state index is -0.279. The van der Waals surface area contributed by atoms with E-state index in [1.807, 2.05) is 36.4 Å². The van der Waals surface area contributed by atoms with Crippen molar-refractivity contribution in [2.75, 3.05) is 12.3 Å². The van der Waals surface area contributed by atoms with Crippen LogP contribution in [0.2, 0.25) is 0 Å². The zero-order valence-electron chi connectivity index (χ0n) is 10.8. The number of aromatic nitrogens is 1. The van der Waals surface area contributed by atoms with Crippen LogP contribution >= 0.6 is 0 Å². The molecule has 1 aromatic carbocycles. The summed E-state index contributed by atoms with van der Waals surface area (Å²) in [7, 11) is 0. The minimum Gasteiger partial charge on any atom is -0.466 e. The number of benzene rings is 1. The standard InChI is InChI=1S/C15H16N2O2/c1-2-19-15(18)9-12-8-13(14(16)10-17-12)11-6-4-3-5-7-11/h3-8,10H,2,9,16H2,1H3. The van der Waals surface area contributed by atoms with Crippen molar-refractivity contribution in [1.29, 1.82) is 0 Å². The van der Waals surface area contributed by atoms with E-state index in [4.69, 9.17) is 10.5 Å². The van der Waals surface area contributed by atoms with E-state index in [-0.39, 0.29) is 12.4 Å². The lowest BCUT2D eigenvalue weighted by Crippen LogP contribution is -2.09. The molecule has 4 nitrogen and oxygen atoms in total. The fraction of sp³-hybridized carbons (Fsp3) is 0.200. The number of hydrogen-bond acceptors (Lipinski definition) is 4. The number of rotatable bonds is 4. The van der Waals surface area contributed by atoms with E-state index in [2.05, 4.69) is 4.98 Å². The third-order valence-corrected chi connectivity index (χ3v) is 2.71. The Bertz CT molecular complexity index is 568. The van der Waals surface area contributed by atoms with Gasteiger partial charge in [-0.25, -0.2) is 0 Å². The fourth-order valence-corrected chi connectivity index (χ4v) is 1.83. The summed E-state index contributed by atoms with van der Waals surface area (Å²) in [5.74, 6) is -0.279. The molecule has 1 heterocycles. The summed E-state index contributed by atoms with van der Waals surface area (Å²) in [5, 5.41) is 0. The third-order valence-electron chi connectivity index (χ3n) is 2.71. The first kappa shape index (κ1) is 13.1. The zero-order chi connectivity index (χ0) is 13.7. The van der Waals surface area contributed by atoms with E-state index < -0.39 is 0 Å². The Morgan fingerprint density at radius 1 is 1.32 bits per heavy atom. The molecule has 0 bridgehead atoms. The Morgan fingerprint density at radius 3 is 2.74 bits per heavy atom. The number of nitrogen functional groups attached to an aromatic ring is 1. The van der Waals surface area contributed by atoms with Crippen molar-refractivity contribution in [3.63, 3.8) is 0 Å². The van der Waals surface area contributed by atoms with Crippen LogP contribution in [0.4, 0.5) is 5.69 Å². The van der Waals surface area contributed by atoms with E-state index in [0.29, 0.717) is 18.0 Å². The highest BCUT2D eigenvalue weighted by Crippen LogP contribution is 2.25. The minimum absolute atomic E-state index is 0.161. The Kier molecular flexibility index (Phi) is 4.13. The number of nitrogens with zero attached hydrogens (tertiary/aromatic N) is 1. The number of nitrogens with two attached hydrogens (primary N) is 1. The first-order chi connectivity index (χ1) is 9.20. The maximum atomic E-state index is 11.5. The molecular weight excluding hydrogens is 240 g/mol. The molecule has 0 aliphatic heterocycles. The van der Waals surface area contributed by atoms with Crippen molar-refractivity contribution < 1.29 is 9.53 Å². The fourth-order valence-electron chi connectivity index (χ4n) is 1.83. The van der Waals surface area contributed by atoms with Crippen LogP contribution in [0, 0.1) is 0 Å². The molecule has 2 aromatic rings. The van der Waals surface area contributed by atoms with Crippen LogP contribution in [-0.4, -0.2) is 17.6 Å². The molecule has 98 valence electrons. The van der Waals surface area contributed by atoms with E-state index in [0.717, 1.165) is 11.1 Å². The van der Waals surface area contributed by atoms with Gasteiger partial charge in [-0.15, -0.1) is 0 Å². The monoisotopic (exact) mass is 256 g/mol. The highest BCUT2D eigenvalue weighted by molar-refractivity contribution is 5.78. The summed E-state index contributed by atoms with van der Waals surface area (Å²) < 4.78 is 4.91. The molecule has 2 N–H and O–H groups in total. The number of esters is 1. The average Bonchev–Trinajstić information content (AvgIpc) is 2.42. The van der Waals surface area contributed by atoms with Gasteiger partial charge in [-0.1, -0.05) is 30.3 Å². The predicted molar refractivity (Wildman–Crippen MR) is 74.4 cm³/mol. The molecule has 0 saturated carbocycles. The van der Waals surface area contributed by atoms with Crippen molar-refractivity contribution in [3.8, 4) is 11.1 Å². The smallest absolute Gasteiger partial charge is 0.311 e. The van der Waals surface area contributed by atoms with Gasteiger partial charge in [0.05, 0.1) is 30.6 Å². The summed E-state index contributed by atoms with van der Waals surface area (Å²) in [6.45, 7) is 2.16. The van der Waals surface area contributed by atoms with Crippen LogP contribution in [0.25, 0.3) is 11.1 Å². The maximum Gasteiger partial charge on any atom is 0.311 e. The lowest BCUT2D eigenvalue weighted by Gasteiger charge is -2.08. The molecule has 0 aliphatic rings. The summed E-state index contributed by atoms with van der Waals surface area (Å²) in [4.78, 5) is 15.6. The van der Waals surface area contributed by atoms with Gasteiger partial charge >= 0.3 is 5.97 Å². The number of carbonyl (C=O) groups is 1. The number of pyridine rings is 1. The Hall–Kier alpha value is -2.36. The van der Waals surface area contributed by atoms with Crippen LogP contribution in [0.5, 0.6) is 0 Å². The molecular formula is C15H16N2O2. The van der Waals surface area contributed by atoms with E-state index in [1.54, 1.807) is 13.1 Å². The number of hydrogen-bond donors (Lipinski definition) is 1. The summed E-state index contributed by atoms with van der Waals surface area (Å²) in [6.07, 6.45) is 1.74. The highest BCUT2D eigenvalue weighted by atomic mass is 16.5. The Balaban J connectivity index is 2.28. The quantitative estimate of drug-likeness (QED) is 0.853. The second-order valence-electron chi connectivity index (χ2n) is 4.11. The molecule has 0 unspecified atom stereocenters. The molecule has 0 spiro atoms. The number of carbonyl (C=O) groups excluding carboxylic acids is 1. The first-order valence-corrected chi connectivity index (χ1v) is 6.16. The van der Waals surface area contributed by atoms with E-state index in [9.17, 15) is 4.79 Å². The van der Waals surface area contributed by atoms with Crippen LogP contribution in [-0.2, 0) is 16.0 Å².